The molecule has 2 heterocycles. The van der Waals surface area contributed by atoms with E-state index in [1.807, 2.05) is 28.9 Å². The molecule has 6 heteroatoms. The van der Waals surface area contributed by atoms with Crippen LogP contribution in [0.3, 0.4) is 0 Å². The lowest BCUT2D eigenvalue weighted by Crippen LogP contribution is -2.38. The van der Waals surface area contributed by atoms with Crippen molar-refractivity contribution in [3.8, 4) is 5.75 Å². The Labute approximate surface area is 147 Å². The van der Waals surface area contributed by atoms with E-state index in [2.05, 4.69) is 5.10 Å². The Hall–Kier alpha value is -2.37. The molecule has 0 bridgehead atoms. The van der Waals surface area contributed by atoms with Gasteiger partial charge in [-0.25, -0.2) is 4.39 Å². The number of rotatable bonds is 7. The summed E-state index contributed by atoms with van der Waals surface area (Å²) in [5.41, 5.74) is 1.13. The second kappa shape index (κ2) is 8.14. The number of aryl methyl sites for hydroxylation is 1. The van der Waals surface area contributed by atoms with E-state index in [0.717, 1.165) is 31.5 Å². The summed E-state index contributed by atoms with van der Waals surface area (Å²) < 4.78 is 20.8. The number of nitrogens with zero attached hydrogens (tertiary/aromatic N) is 3. The van der Waals surface area contributed by atoms with Crippen LogP contribution < -0.4 is 4.74 Å². The molecule has 1 aliphatic rings. The summed E-state index contributed by atoms with van der Waals surface area (Å²) in [5, 5.41) is 4.31. The molecule has 3 rings (SSSR count). The van der Waals surface area contributed by atoms with Crippen molar-refractivity contribution in [2.24, 2.45) is 0 Å². The zero-order chi connectivity index (χ0) is 17.6. The molecule has 2 aromatic rings. The lowest BCUT2D eigenvalue weighted by molar-refractivity contribution is -0.132. The zero-order valence-corrected chi connectivity index (χ0v) is 14.5. The third kappa shape index (κ3) is 4.59. The van der Waals surface area contributed by atoms with Crippen molar-refractivity contribution in [1.82, 2.24) is 14.7 Å². The van der Waals surface area contributed by atoms with E-state index < -0.39 is 0 Å². The predicted octanol–water partition coefficient (Wildman–Crippen LogP) is 3.18. The Bertz CT molecular complexity index is 716. The minimum Gasteiger partial charge on any atom is -0.491 e. The molecular formula is C19H24FN3O2. The highest BCUT2D eigenvalue weighted by Crippen LogP contribution is 2.21. The van der Waals surface area contributed by atoms with E-state index in [1.165, 1.54) is 6.07 Å². The van der Waals surface area contributed by atoms with E-state index in [1.54, 1.807) is 18.2 Å². The van der Waals surface area contributed by atoms with Gasteiger partial charge in [0.25, 0.3) is 0 Å². The van der Waals surface area contributed by atoms with E-state index >= 15 is 0 Å². The van der Waals surface area contributed by atoms with Gasteiger partial charge in [0.15, 0.2) is 11.6 Å². The minimum atomic E-state index is -0.372. The number of hydrogen-bond acceptors (Lipinski definition) is 3. The Morgan fingerprint density at radius 3 is 3.00 bits per heavy atom. The number of aromatic nitrogens is 2. The maximum atomic E-state index is 13.5. The van der Waals surface area contributed by atoms with Crippen LogP contribution in [0.5, 0.6) is 5.75 Å². The minimum absolute atomic E-state index is 0.142. The van der Waals surface area contributed by atoms with Crippen LogP contribution in [0.1, 0.15) is 31.2 Å². The summed E-state index contributed by atoms with van der Waals surface area (Å²) in [6.07, 6.45) is 6.88. The normalized spacial score (nSPS) is 17.0. The molecule has 0 radical (unpaired) electrons. The summed E-state index contributed by atoms with van der Waals surface area (Å²) in [6, 6.07) is 6.53. The van der Waals surface area contributed by atoms with Crippen LogP contribution in [-0.2, 0) is 11.3 Å². The molecule has 0 unspecified atom stereocenters. The van der Waals surface area contributed by atoms with Crippen molar-refractivity contribution in [3.63, 3.8) is 0 Å². The molecule has 0 N–H and O–H groups in total. The molecule has 1 atom stereocenters. The van der Waals surface area contributed by atoms with Crippen molar-refractivity contribution in [2.45, 2.75) is 45.2 Å². The van der Waals surface area contributed by atoms with Gasteiger partial charge in [0.05, 0.1) is 25.4 Å². The fourth-order valence-electron chi connectivity index (χ4n) is 3.25. The van der Waals surface area contributed by atoms with Crippen LogP contribution in [0.4, 0.5) is 4.39 Å². The van der Waals surface area contributed by atoms with Gasteiger partial charge in [-0.1, -0.05) is 12.1 Å². The molecule has 0 aliphatic carbocycles. The van der Waals surface area contributed by atoms with E-state index in [9.17, 15) is 9.18 Å². The Morgan fingerprint density at radius 2 is 2.24 bits per heavy atom. The molecule has 1 saturated heterocycles. The highest BCUT2D eigenvalue weighted by Gasteiger charge is 2.28. The second-order valence-electron chi connectivity index (χ2n) is 6.51. The number of carbonyl (C=O) groups excluding carboxylic acids is 1. The second-order valence-corrected chi connectivity index (χ2v) is 6.51. The maximum absolute atomic E-state index is 13.5. The first kappa shape index (κ1) is 17.5. The molecule has 0 saturated carbocycles. The molecule has 25 heavy (non-hydrogen) atoms. The third-order valence-corrected chi connectivity index (χ3v) is 4.49. The quantitative estimate of drug-likeness (QED) is 0.724. The first-order valence-corrected chi connectivity index (χ1v) is 8.79. The van der Waals surface area contributed by atoms with Gasteiger partial charge in [-0.3, -0.25) is 9.48 Å². The van der Waals surface area contributed by atoms with Gasteiger partial charge >= 0.3 is 0 Å². The van der Waals surface area contributed by atoms with Gasteiger partial charge in [-0.05, 0) is 43.9 Å². The third-order valence-electron chi connectivity index (χ3n) is 4.49. The van der Waals surface area contributed by atoms with Crippen LogP contribution in [-0.4, -0.2) is 39.8 Å². The first-order chi connectivity index (χ1) is 12.1. The van der Waals surface area contributed by atoms with Gasteiger partial charge in [0.2, 0.25) is 5.91 Å². The fraction of sp³-hybridized carbons (Fsp3) is 0.474. The van der Waals surface area contributed by atoms with E-state index in [0.29, 0.717) is 19.4 Å². The van der Waals surface area contributed by atoms with Crippen molar-refractivity contribution in [1.29, 1.82) is 0 Å². The van der Waals surface area contributed by atoms with E-state index in [4.69, 9.17) is 4.74 Å². The summed E-state index contributed by atoms with van der Waals surface area (Å²) in [4.78, 5) is 14.5. The number of amides is 1. The van der Waals surface area contributed by atoms with Crippen LogP contribution >= 0.6 is 0 Å². The molecular weight excluding hydrogens is 321 g/mol. The summed E-state index contributed by atoms with van der Waals surface area (Å²) in [5.74, 6) is 0.00881. The van der Waals surface area contributed by atoms with Crippen molar-refractivity contribution in [3.05, 3.63) is 48.0 Å². The lowest BCUT2D eigenvalue weighted by Gasteiger charge is -2.24. The molecule has 0 spiro atoms. The highest BCUT2D eigenvalue weighted by molar-refractivity contribution is 5.76. The van der Waals surface area contributed by atoms with E-state index in [-0.39, 0.29) is 23.5 Å². The monoisotopic (exact) mass is 345 g/mol. The molecule has 1 aliphatic heterocycles. The Balaban J connectivity index is 1.44. The lowest BCUT2D eigenvalue weighted by atomic mass is 10.2. The van der Waals surface area contributed by atoms with Gasteiger partial charge in [-0.2, -0.15) is 5.10 Å². The van der Waals surface area contributed by atoms with Crippen LogP contribution in [0.2, 0.25) is 0 Å². The standard InChI is InChI=1S/C19H24FN3O2/c1-15-12-21-22(13-15)14-16-6-4-10-23(16)19(24)9-5-11-25-18-8-3-2-7-17(18)20/h2-3,7-8,12-13,16H,4-6,9-11,14H2,1H3/t16-/m0/s1. The predicted molar refractivity (Wildman–Crippen MR) is 92.8 cm³/mol. The van der Waals surface area contributed by atoms with Gasteiger partial charge in [0.1, 0.15) is 0 Å². The number of hydrogen-bond donors (Lipinski definition) is 0. The maximum Gasteiger partial charge on any atom is 0.223 e. The van der Waals surface area contributed by atoms with Crippen molar-refractivity contribution in [2.75, 3.05) is 13.2 Å². The molecule has 1 amide bonds. The molecule has 134 valence electrons. The number of benzene rings is 1. The molecule has 1 aromatic carbocycles. The summed E-state index contributed by atoms with van der Waals surface area (Å²) >= 11 is 0. The summed E-state index contributed by atoms with van der Waals surface area (Å²) in [6.45, 7) is 3.89. The Morgan fingerprint density at radius 1 is 1.40 bits per heavy atom. The molecule has 5 nitrogen and oxygen atoms in total. The van der Waals surface area contributed by atoms with Crippen molar-refractivity contribution >= 4 is 5.91 Å². The molecule has 1 aromatic heterocycles. The summed E-state index contributed by atoms with van der Waals surface area (Å²) in [7, 11) is 0. The highest BCUT2D eigenvalue weighted by atomic mass is 19.1. The van der Waals surface area contributed by atoms with Crippen LogP contribution in [0, 0.1) is 12.7 Å². The zero-order valence-electron chi connectivity index (χ0n) is 14.5. The number of ether oxygens (including phenoxy) is 1. The van der Waals surface area contributed by atoms with Crippen LogP contribution in [0.25, 0.3) is 0 Å². The molecule has 1 fully saturated rings. The number of carbonyl (C=O) groups is 1. The average molecular weight is 345 g/mol. The van der Waals surface area contributed by atoms with Gasteiger partial charge in [0, 0.05) is 19.2 Å². The number of halogens is 1. The van der Waals surface area contributed by atoms with Gasteiger partial charge < -0.3 is 9.64 Å². The topological polar surface area (TPSA) is 47.4 Å². The first-order valence-electron chi connectivity index (χ1n) is 8.79. The fourth-order valence-corrected chi connectivity index (χ4v) is 3.25. The Kier molecular flexibility index (Phi) is 5.68. The van der Waals surface area contributed by atoms with Gasteiger partial charge in [-0.15, -0.1) is 0 Å². The number of para-hydroxylation sites is 1. The largest absolute Gasteiger partial charge is 0.491 e. The number of likely N-dealkylation sites (tertiary alicyclic amines) is 1. The SMILES string of the molecule is Cc1cnn(C[C@@H]2CCCN2C(=O)CCCOc2ccccc2F)c1. The average Bonchev–Trinajstić information content (AvgIpc) is 3.22. The smallest absolute Gasteiger partial charge is 0.223 e. The van der Waals surface area contributed by atoms with Crippen LogP contribution in [0.15, 0.2) is 36.7 Å². The van der Waals surface area contributed by atoms with Crippen molar-refractivity contribution < 1.29 is 13.9 Å².